The fourth-order valence-corrected chi connectivity index (χ4v) is 3.02. The first-order valence-corrected chi connectivity index (χ1v) is 9.12. The molecule has 0 amide bonds. The SMILES string of the molecule is CN=C(NCCC1CCN(C)CC1)NCC(C)Oc1cccc(F)c1. The van der Waals surface area contributed by atoms with Crippen LogP contribution in [0.4, 0.5) is 4.39 Å². The summed E-state index contributed by atoms with van der Waals surface area (Å²) in [6.07, 6.45) is 3.64. The highest BCUT2D eigenvalue weighted by molar-refractivity contribution is 5.79. The van der Waals surface area contributed by atoms with E-state index in [1.807, 2.05) is 6.92 Å². The minimum Gasteiger partial charge on any atom is -0.489 e. The zero-order chi connectivity index (χ0) is 18.1. The number of hydrogen-bond donors (Lipinski definition) is 2. The van der Waals surface area contributed by atoms with Gasteiger partial charge in [0.2, 0.25) is 0 Å². The van der Waals surface area contributed by atoms with Crippen LogP contribution in [0.5, 0.6) is 5.75 Å². The Morgan fingerprint density at radius 2 is 2.12 bits per heavy atom. The number of guanidine groups is 1. The molecule has 1 aromatic rings. The number of nitrogens with one attached hydrogen (secondary N) is 2. The number of halogens is 1. The Labute approximate surface area is 150 Å². The fourth-order valence-electron chi connectivity index (χ4n) is 3.02. The predicted octanol–water partition coefficient (Wildman–Crippen LogP) is 2.49. The zero-order valence-electron chi connectivity index (χ0n) is 15.6. The lowest BCUT2D eigenvalue weighted by molar-refractivity contribution is 0.212. The molecule has 0 spiro atoms. The second-order valence-electron chi connectivity index (χ2n) is 6.80. The molecule has 0 saturated carbocycles. The van der Waals surface area contributed by atoms with Crippen molar-refractivity contribution in [2.24, 2.45) is 10.9 Å². The van der Waals surface area contributed by atoms with Gasteiger partial charge in [0.05, 0.1) is 6.54 Å². The van der Waals surface area contributed by atoms with Crippen LogP contribution in [-0.4, -0.2) is 57.2 Å². The quantitative estimate of drug-likeness (QED) is 0.586. The minimum atomic E-state index is -0.288. The maximum atomic E-state index is 13.2. The van der Waals surface area contributed by atoms with Crippen LogP contribution in [-0.2, 0) is 0 Å². The summed E-state index contributed by atoms with van der Waals surface area (Å²) in [7, 11) is 3.95. The van der Waals surface area contributed by atoms with Gasteiger partial charge >= 0.3 is 0 Å². The van der Waals surface area contributed by atoms with E-state index in [-0.39, 0.29) is 11.9 Å². The molecule has 0 bridgehead atoms. The minimum absolute atomic E-state index is 0.0887. The normalized spacial score (nSPS) is 18.0. The maximum Gasteiger partial charge on any atom is 0.191 e. The van der Waals surface area contributed by atoms with Gasteiger partial charge in [-0.3, -0.25) is 4.99 Å². The summed E-state index contributed by atoms with van der Waals surface area (Å²) >= 11 is 0. The highest BCUT2D eigenvalue weighted by atomic mass is 19.1. The van der Waals surface area contributed by atoms with Crippen LogP contribution >= 0.6 is 0 Å². The Bertz CT molecular complexity index is 544. The summed E-state index contributed by atoms with van der Waals surface area (Å²) in [5, 5.41) is 6.63. The van der Waals surface area contributed by atoms with Crippen molar-refractivity contribution in [2.75, 3.05) is 40.3 Å². The Balaban J connectivity index is 1.64. The molecule has 6 heteroatoms. The van der Waals surface area contributed by atoms with E-state index in [0.29, 0.717) is 12.3 Å². The summed E-state index contributed by atoms with van der Waals surface area (Å²) in [6, 6.07) is 6.21. The molecule has 2 rings (SSSR count). The summed E-state index contributed by atoms with van der Waals surface area (Å²) in [4.78, 5) is 6.64. The van der Waals surface area contributed by atoms with Gasteiger partial charge in [-0.2, -0.15) is 0 Å². The van der Waals surface area contributed by atoms with Gasteiger partial charge in [0.1, 0.15) is 17.7 Å². The van der Waals surface area contributed by atoms with Crippen LogP contribution in [0, 0.1) is 11.7 Å². The molecule has 140 valence electrons. The summed E-state index contributed by atoms with van der Waals surface area (Å²) in [5.74, 6) is 1.84. The van der Waals surface area contributed by atoms with Crippen molar-refractivity contribution in [2.45, 2.75) is 32.3 Å². The monoisotopic (exact) mass is 350 g/mol. The van der Waals surface area contributed by atoms with Gasteiger partial charge in [0.25, 0.3) is 0 Å². The van der Waals surface area contributed by atoms with Gasteiger partial charge < -0.3 is 20.3 Å². The van der Waals surface area contributed by atoms with E-state index in [1.165, 1.54) is 44.5 Å². The first kappa shape index (κ1) is 19.5. The molecule has 1 fully saturated rings. The van der Waals surface area contributed by atoms with Crippen molar-refractivity contribution in [1.29, 1.82) is 0 Å². The third kappa shape index (κ3) is 7.30. The summed E-state index contributed by atoms with van der Waals surface area (Å²) < 4.78 is 18.9. The number of aliphatic imine (C=N–C) groups is 1. The number of rotatable bonds is 7. The Morgan fingerprint density at radius 1 is 1.36 bits per heavy atom. The second-order valence-corrected chi connectivity index (χ2v) is 6.80. The highest BCUT2D eigenvalue weighted by Crippen LogP contribution is 2.18. The molecule has 1 aliphatic heterocycles. The van der Waals surface area contributed by atoms with E-state index >= 15 is 0 Å². The lowest BCUT2D eigenvalue weighted by Gasteiger charge is -2.29. The van der Waals surface area contributed by atoms with Crippen molar-refractivity contribution < 1.29 is 9.13 Å². The van der Waals surface area contributed by atoms with Crippen LogP contribution in [0.2, 0.25) is 0 Å². The molecule has 2 N–H and O–H groups in total. The smallest absolute Gasteiger partial charge is 0.191 e. The summed E-state index contributed by atoms with van der Waals surface area (Å²) in [5.41, 5.74) is 0. The predicted molar refractivity (Wildman–Crippen MR) is 101 cm³/mol. The second kappa shape index (κ2) is 10.2. The van der Waals surface area contributed by atoms with Crippen molar-refractivity contribution in [3.8, 4) is 5.75 Å². The van der Waals surface area contributed by atoms with E-state index in [9.17, 15) is 4.39 Å². The molecule has 0 aliphatic carbocycles. The van der Waals surface area contributed by atoms with Gasteiger partial charge in [-0.15, -0.1) is 0 Å². The highest BCUT2D eigenvalue weighted by Gasteiger charge is 2.16. The molecule has 5 nitrogen and oxygen atoms in total. The Hall–Kier alpha value is -1.82. The number of ether oxygens (including phenoxy) is 1. The topological polar surface area (TPSA) is 48.9 Å². The van der Waals surface area contributed by atoms with E-state index < -0.39 is 0 Å². The van der Waals surface area contributed by atoms with Crippen LogP contribution in [0.15, 0.2) is 29.3 Å². The number of piperidine rings is 1. The molecular weight excluding hydrogens is 319 g/mol. The van der Waals surface area contributed by atoms with Crippen LogP contribution < -0.4 is 15.4 Å². The standard InChI is InChI=1S/C19H31FN4O/c1-15(25-18-6-4-5-17(20)13-18)14-23-19(21-2)22-10-7-16-8-11-24(3)12-9-16/h4-6,13,15-16H,7-12,14H2,1-3H3,(H2,21,22,23). The van der Waals surface area contributed by atoms with E-state index in [0.717, 1.165) is 18.4 Å². The van der Waals surface area contributed by atoms with Gasteiger partial charge in [-0.05, 0) is 64.4 Å². The van der Waals surface area contributed by atoms with Gasteiger partial charge in [0, 0.05) is 19.7 Å². The largest absolute Gasteiger partial charge is 0.489 e. The number of nitrogens with zero attached hydrogens (tertiary/aromatic N) is 2. The molecular formula is C19H31FN4O. The molecule has 1 aliphatic rings. The fraction of sp³-hybridized carbons (Fsp3) is 0.632. The van der Waals surface area contributed by atoms with E-state index in [4.69, 9.17) is 4.74 Å². The number of benzene rings is 1. The first-order chi connectivity index (χ1) is 12.1. The van der Waals surface area contributed by atoms with Crippen LogP contribution in [0.1, 0.15) is 26.2 Å². The molecule has 1 atom stereocenters. The average Bonchev–Trinajstić information content (AvgIpc) is 2.59. The van der Waals surface area contributed by atoms with E-state index in [1.54, 1.807) is 19.2 Å². The average molecular weight is 350 g/mol. The van der Waals surface area contributed by atoms with E-state index in [2.05, 4.69) is 27.6 Å². The van der Waals surface area contributed by atoms with Gasteiger partial charge in [-0.25, -0.2) is 4.39 Å². The molecule has 1 aromatic carbocycles. The lowest BCUT2D eigenvalue weighted by atomic mass is 9.94. The van der Waals surface area contributed by atoms with Gasteiger partial charge in [-0.1, -0.05) is 6.07 Å². The molecule has 0 aromatic heterocycles. The third-order valence-corrected chi connectivity index (χ3v) is 4.60. The third-order valence-electron chi connectivity index (χ3n) is 4.60. The van der Waals surface area contributed by atoms with Crippen LogP contribution in [0.3, 0.4) is 0 Å². The van der Waals surface area contributed by atoms with Crippen molar-refractivity contribution in [3.63, 3.8) is 0 Å². The number of hydrogen-bond acceptors (Lipinski definition) is 3. The van der Waals surface area contributed by atoms with Crippen molar-refractivity contribution >= 4 is 5.96 Å². The Kier molecular flexibility index (Phi) is 7.98. The molecule has 25 heavy (non-hydrogen) atoms. The summed E-state index contributed by atoms with van der Waals surface area (Å²) in [6.45, 7) is 5.88. The Morgan fingerprint density at radius 3 is 2.80 bits per heavy atom. The molecule has 1 saturated heterocycles. The zero-order valence-corrected chi connectivity index (χ0v) is 15.6. The first-order valence-electron chi connectivity index (χ1n) is 9.12. The van der Waals surface area contributed by atoms with Gasteiger partial charge in [0.15, 0.2) is 5.96 Å². The number of likely N-dealkylation sites (tertiary alicyclic amines) is 1. The van der Waals surface area contributed by atoms with Crippen molar-refractivity contribution in [1.82, 2.24) is 15.5 Å². The molecule has 1 heterocycles. The maximum absolute atomic E-state index is 13.2. The lowest BCUT2D eigenvalue weighted by Crippen LogP contribution is -2.42. The molecule has 1 unspecified atom stereocenters. The van der Waals surface area contributed by atoms with Crippen LogP contribution in [0.25, 0.3) is 0 Å². The van der Waals surface area contributed by atoms with Crippen molar-refractivity contribution in [3.05, 3.63) is 30.1 Å². The molecule has 0 radical (unpaired) electrons.